The molecule has 0 aliphatic heterocycles. The number of halogens is 1. The highest BCUT2D eigenvalue weighted by molar-refractivity contribution is 7.99. The summed E-state index contributed by atoms with van der Waals surface area (Å²) in [4.78, 5) is 12.1. The molecule has 27 heavy (non-hydrogen) atoms. The van der Waals surface area contributed by atoms with Crippen LogP contribution in [0.15, 0.2) is 53.7 Å². The fraction of sp³-hybridized carbons (Fsp3) is 0.263. The smallest absolute Gasteiger partial charge is 0.230 e. The molecule has 0 atom stereocenters. The molecule has 1 amide bonds. The van der Waals surface area contributed by atoms with Gasteiger partial charge in [0.1, 0.15) is 5.82 Å². The Balaban J connectivity index is 1.56. The van der Waals surface area contributed by atoms with E-state index < -0.39 is 0 Å². The molecule has 0 saturated carbocycles. The molecule has 1 heterocycles. The lowest BCUT2D eigenvalue weighted by atomic mass is 10.0. The highest BCUT2D eigenvalue weighted by atomic mass is 32.2. The predicted octanol–water partition coefficient (Wildman–Crippen LogP) is 3.33. The number of rotatable bonds is 7. The van der Waals surface area contributed by atoms with Crippen LogP contribution in [0.2, 0.25) is 0 Å². The van der Waals surface area contributed by atoms with E-state index >= 15 is 0 Å². The van der Waals surface area contributed by atoms with Crippen molar-refractivity contribution >= 4 is 17.7 Å². The van der Waals surface area contributed by atoms with E-state index in [0.717, 1.165) is 11.3 Å². The molecule has 1 aromatic heterocycles. The van der Waals surface area contributed by atoms with Gasteiger partial charge in [0.25, 0.3) is 0 Å². The Bertz CT molecular complexity index is 893. The first-order valence-electron chi connectivity index (χ1n) is 8.55. The quantitative estimate of drug-likeness (QED) is 0.632. The van der Waals surface area contributed by atoms with Crippen LogP contribution in [0.4, 0.5) is 4.39 Å². The summed E-state index contributed by atoms with van der Waals surface area (Å²) in [5.41, 5.74) is 2.92. The van der Waals surface area contributed by atoms with Crippen molar-refractivity contribution in [3.8, 4) is 5.69 Å². The van der Waals surface area contributed by atoms with E-state index in [1.54, 1.807) is 16.8 Å². The molecule has 0 radical (unpaired) electrons. The Morgan fingerprint density at radius 3 is 2.52 bits per heavy atom. The van der Waals surface area contributed by atoms with Crippen molar-refractivity contribution in [2.75, 3.05) is 5.75 Å². The van der Waals surface area contributed by atoms with Crippen molar-refractivity contribution < 1.29 is 9.18 Å². The van der Waals surface area contributed by atoms with E-state index in [1.165, 1.54) is 29.5 Å². The largest absolute Gasteiger partial charge is 0.351 e. The van der Waals surface area contributed by atoms with E-state index in [2.05, 4.69) is 34.7 Å². The van der Waals surface area contributed by atoms with Gasteiger partial charge in [-0.3, -0.25) is 4.79 Å². The van der Waals surface area contributed by atoms with Crippen molar-refractivity contribution in [1.29, 1.82) is 0 Å². The number of aromatic nitrogens is 4. The van der Waals surface area contributed by atoms with Gasteiger partial charge in [0.05, 0.1) is 11.4 Å². The molecule has 3 aromatic rings. The zero-order chi connectivity index (χ0) is 19.2. The van der Waals surface area contributed by atoms with Crippen LogP contribution < -0.4 is 5.32 Å². The molecule has 0 aliphatic rings. The van der Waals surface area contributed by atoms with Gasteiger partial charge >= 0.3 is 0 Å². The van der Waals surface area contributed by atoms with Crippen LogP contribution in [0.25, 0.3) is 5.69 Å². The Morgan fingerprint density at radius 2 is 1.85 bits per heavy atom. The molecule has 6 nitrogen and oxygen atoms in total. The first-order chi connectivity index (χ1) is 13.0. The molecular weight excluding hydrogens is 365 g/mol. The molecule has 0 fully saturated rings. The van der Waals surface area contributed by atoms with Gasteiger partial charge in [-0.15, -0.1) is 5.10 Å². The van der Waals surface area contributed by atoms with E-state index in [0.29, 0.717) is 17.6 Å². The molecule has 140 valence electrons. The van der Waals surface area contributed by atoms with Gasteiger partial charge in [-0.2, -0.15) is 4.68 Å². The van der Waals surface area contributed by atoms with Gasteiger partial charge < -0.3 is 5.32 Å². The monoisotopic (exact) mass is 385 g/mol. The van der Waals surface area contributed by atoms with Crippen molar-refractivity contribution in [2.45, 2.75) is 31.5 Å². The van der Waals surface area contributed by atoms with Gasteiger partial charge in [0, 0.05) is 6.54 Å². The highest BCUT2D eigenvalue weighted by Gasteiger charge is 2.12. The summed E-state index contributed by atoms with van der Waals surface area (Å²) < 4.78 is 14.5. The van der Waals surface area contributed by atoms with Crippen molar-refractivity contribution in [1.82, 2.24) is 25.5 Å². The van der Waals surface area contributed by atoms with Crippen LogP contribution in [-0.2, 0) is 11.3 Å². The number of carbonyl (C=O) groups excluding carboxylic acids is 1. The SMILES string of the molecule is CC(C)c1ccc(-n2nnnc2SCC(=O)NCc2ccc(F)cc2)cc1. The molecule has 0 unspecified atom stereocenters. The van der Waals surface area contributed by atoms with Crippen molar-refractivity contribution in [3.05, 3.63) is 65.5 Å². The van der Waals surface area contributed by atoms with Crippen LogP contribution in [0.5, 0.6) is 0 Å². The maximum absolute atomic E-state index is 12.9. The summed E-state index contributed by atoms with van der Waals surface area (Å²) in [7, 11) is 0. The number of benzene rings is 2. The zero-order valence-corrected chi connectivity index (χ0v) is 15.9. The normalized spacial score (nSPS) is 11.0. The molecule has 0 spiro atoms. The third-order valence-corrected chi connectivity index (χ3v) is 4.90. The van der Waals surface area contributed by atoms with Gasteiger partial charge in [0.2, 0.25) is 11.1 Å². The number of carbonyl (C=O) groups is 1. The Kier molecular flexibility index (Phi) is 6.18. The summed E-state index contributed by atoms with van der Waals surface area (Å²) >= 11 is 1.26. The minimum Gasteiger partial charge on any atom is -0.351 e. The van der Waals surface area contributed by atoms with Crippen molar-refractivity contribution in [2.24, 2.45) is 0 Å². The Morgan fingerprint density at radius 1 is 1.15 bits per heavy atom. The number of tetrazole rings is 1. The molecule has 1 N–H and O–H groups in total. The van der Waals surface area contributed by atoms with Gasteiger partial charge in [-0.05, 0) is 51.7 Å². The molecule has 0 bridgehead atoms. The summed E-state index contributed by atoms with van der Waals surface area (Å²) in [5.74, 6) is 0.195. The van der Waals surface area contributed by atoms with Crippen LogP contribution in [0.1, 0.15) is 30.9 Å². The second-order valence-electron chi connectivity index (χ2n) is 6.31. The molecule has 8 heteroatoms. The average Bonchev–Trinajstić information content (AvgIpc) is 3.14. The average molecular weight is 385 g/mol. The third-order valence-electron chi connectivity index (χ3n) is 3.98. The zero-order valence-electron chi connectivity index (χ0n) is 15.1. The molecule has 3 rings (SSSR count). The van der Waals surface area contributed by atoms with Gasteiger partial charge in [-0.25, -0.2) is 4.39 Å². The summed E-state index contributed by atoms with van der Waals surface area (Å²) in [6, 6.07) is 14.0. The predicted molar refractivity (Wildman–Crippen MR) is 102 cm³/mol. The first-order valence-corrected chi connectivity index (χ1v) is 9.54. The molecule has 0 aliphatic carbocycles. The fourth-order valence-corrected chi connectivity index (χ4v) is 3.14. The minimum atomic E-state index is -0.297. The van der Waals surface area contributed by atoms with E-state index in [-0.39, 0.29) is 17.5 Å². The van der Waals surface area contributed by atoms with Crippen LogP contribution in [0, 0.1) is 5.82 Å². The topological polar surface area (TPSA) is 72.7 Å². The van der Waals surface area contributed by atoms with Gasteiger partial charge in [-0.1, -0.05) is 49.9 Å². The van der Waals surface area contributed by atoms with E-state index in [1.807, 2.05) is 24.3 Å². The number of hydrogen-bond acceptors (Lipinski definition) is 5. The number of thioether (sulfide) groups is 1. The lowest BCUT2D eigenvalue weighted by Gasteiger charge is -2.08. The summed E-state index contributed by atoms with van der Waals surface area (Å²) in [6.45, 7) is 4.62. The summed E-state index contributed by atoms with van der Waals surface area (Å²) in [5, 5.41) is 15.1. The standard InChI is InChI=1S/C19H20FN5OS/c1-13(2)15-5-9-17(10-6-15)25-19(22-23-24-25)27-12-18(26)21-11-14-3-7-16(20)8-4-14/h3-10,13H,11-12H2,1-2H3,(H,21,26). The number of nitrogens with zero attached hydrogens (tertiary/aromatic N) is 4. The maximum Gasteiger partial charge on any atom is 0.230 e. The Labute approximate surface area is 161 Å². The first kappa shape index (κ1) is 19.0. The second-order valence-corrected chi connectivity index (χ2v) is 7.25. The van der Waals surface area contributed by atoms with Crippen LogP contribution in [-0.4, -0.2) is 31.9 Å². The maximum atomic E-state index is 12.9. The van der Waals surface area contributed by atoms with Gasteiger partial charge in [0.15, 0.2) is 0 Å². The van der Waals surface area contributed by atoms with Crippen molar-refractivity contribution in [3.63, 3.8) is 0 Å². The number of amides is 1. The molecular formula is C19H20FN5OS. The number of hydrogen-bond donors (Lipinski definition) is 1. The van der Waals surface area contributed by atoms with Crippen LogP contribution >= 0.6 is 11.8 Å². The highest BCUT2D eigenvalue weighted by Crippen LogP contribution is 2.20. The molecule has 0 saturated heterocycles. The Hall–Kier alpha value is -2.74. The third kappa shape index (κ3) is 5.13. The van der Waals surface area contributed by atoms with E-state index in [4.69, 9.17) is 0 Å². The second kappa shape index (κ2) is 8.77. The lowest BCUT2D eigenvalue weighted by molar-refractivity contribution is -0.118. The van der Waals surface area contributed by atoms with Crippen LogP contribution in [0.3, 0.4) is 0 Å². The lowest BCUT2D eigenvalue weighted by Crippen LogP contribution is -2.24. The fourth-order valence-electron chi connectivity index (χ4n) is 2.42. The molecule has 2 aromatic carbocycles. The van der Waals surface area contributed by atoms with E-state index in [9.17, 15) is 9.18 Å². The number of nitrogens with one attached hydrogen (secondary N) is 1. The summed E-state index contributed by atoms with van der Waals surface area (Å²) in [6.07, 6.45) is 0. The minimum absolute atomic E-state index is 0.144.